The number of benzene rings is 1. The maximum absolute atomic E-state index is 13.0. The average molecular weight is 397 g/mol. The molecule has 2 fully saturated rings. The third-order valence-electron chi connectivity index (χ3n) is 5.54. The fourth-order valence-corrected chi connectivity index (χ4v) is 3.98. The maximum Gasteiger partial charge on any atom is 0.418 e. The van der Waals surface area contributed by atoms with E-state index in [0.29, 0.717) is 38.5 Å². The number of para-hydroxylation sites is 1. The van der Waals surface area contributed by atoms with Crippen molar-refractivity contribution in [3.8, 4) is 0 Å². The van der Waals surface area contributed by atoms with Gasteiger partial charge in [-0.2, -0.15) is 13.2 Å². The van der Waals surface area contributed by atoms with Crippen LogP contribution in [0, 0.1) is 5.92 Å². The van der Waals surface area contributed by atoms with Crippen LogP contribution in [0.2, 0.25) is 0 Å². The van der Waals surface area contributed by atoms with Crippen LogP contribution >= 0.6 is 0 Å². The van der Waals surface area contributed by atoms with Gasteiger partial charge in [0.2, 0.25) is 11.8 Å². The highest BCUT2D eigenvalue weighted by Crippen LogP contribution is 2.34. The van der Waals surface area contributed by atoms with Gasteiger partial charge in [-0.1, -0.05) is 25.0 Å². The Hall–Kier alpha value is -2.09. The minimum Gasteiger partial charge on any atom is -0.340 e. The number of hydrogen-bond donors (Lipinski definition) is 1. The van der Waals surface area contributed by atoms with Gasteiger partial charge in [-0.15, -0.1) is 0 Å². The van der Waals surface area contributed by atoms with Gasteiger partial charge in [0.15, 0.2) is 0 Å². The van der Waals surface area contributed by atoms with Crippen molar-refractivity contribution in [1.82, 2.24) is 9.80 Å². The fraction of sp³-hybridized carbons (Fsp3) is 0.600. The highest BCUT2D eigenvalue weighted by molar-refractivity contribution is 5.93. The number of halogens is 3. The molecule has 0 bridgehead atoms. The third kappa shape index (κ3) is 5.47. The first-order valence-electron chi connectivity index (χ1n) is 9.79. The van der Waals surface area contributed by atoms with E-state index in [0.717, 1.165) is 18.9 Å². The summed E-state index contributed by atoms with van der Waals surface area (Å²) in [5.41, 5.74) is -1.09. The molecular weight excluding hydrogens is 371 g/mol. The summed E-state index contributed by atoms with van der Waals surface area (Å²) in [5, 5.41) is 2.37. The van der Waals surface area contributed by atoms with E-state index in [1.54, 1.807) is 0 Å². The van der Waals surface area contributed by atoms with Gasteiger partial charge in [-0.25, -0.2) is 0 Å². The zero-order chi connectivity index (χ0) is 20.1. The number of carbonyl (C=O) groups is 2. The molecule has 0 aromatic heterocycles. The Labute approximate surface area is 162 Å². The lowest BCUT2D eigenvalue weighted by molar-refractivity contribution is -0.137. The number of piperazine rings is 1. The SMILES string of the molecule is O=C(CN1CCN(C(=O)CC2CCCC2)CC1)Nc1ccccc1C(F)(F)F. The van der Waals surface area contributed by atoms with Crippen LogP contribution < -0.4 is 5.32 Å². The van der Waals surface area contributed by atoms with Crippen molar-refractivity contribution in [2.45, 2.75) is 38.3 Å². The zero-order valence-corrected chi connectivity index (χ0v) is 15.8. The van der Waals surface area contributed by atoms with E-state index in [-0.39, 0.29) is 18.1 Å². The second-order valence-corrected chi connectivity index (χ2v) is 7.60. The molecule has 154 valence electrons. The lowest BCUT2D eigenvalue weighted by Crippen LogP contribution is -2.50. The van der Waals surface area contributed by atoms with Crippen LogP contribution in [-0.4, -0.2) is 54.3 Å². The number of carbonyl (C=O) groups excluding carboxylic acids is 2. The van der Waals surface area contributed by atoms with Gasteiger partial charge in [0.05, 0.1) is 17.8 Å². The monoisotopic (exact) mass is 397 g/mol. The summed E-state index contributed by atoms with van der Waals surface area (Å²) in [5.74, 6) is 0.197. The van der Waals surface area contributed by atoms with Crippen molar-refractivity contribution >= 4 is 17.5 Å². The van der Waals surface area contributed by atoms with Crippen molar-refractivity contribution in [2.24, 2.45) is 5.92 Å². The summed E-state index contributed by atoms with van der Waals surface area (Å²) in [6.45, 7) is 2.21. The number of amides is 2. The first-order chi connectivity index (χ1) is 13.3. The minimum atomic E-state index is -4.52. The smallest absolute Gasteiger partial charge is 0.340 e. The van der Waals surface area contributed by atoms with E-state index >= 15 is 0 Å². The van der Waals surface area contributed by atoms with Crippen molar-refractivity contribution < 1.29 is 22.8 Å². The van der Waals surface area contributed by atoms with Crippen LogP contribution in [0.3, 0.4) is 0 Å². The van der Waals surface area contributed by atoms with Crippen molar-refractivity contribution in [1.29, 1.82) is 0 Å². The molecule has 1 saturated heterocycles. The molecule has 1 aromatic rings. The maximum atomic E-state index is 13.0. The molecule has 2 aliphatic rings. The Morgan fingerprint density at radius 1 is 1.04 bits per heavy atom. The van der Waals surface area contributed by atoms with Crippen LogP contribution in [0.25, 0.3) is 0 Å². The van der Waals surface area contributed by atoms with E-state index < -0.39 is 17.6 Å². The van der Waals surface area contributed by atoms with Crippen molar-refractivity contribution in [3.05, 3.63) is 29.8 Å². The van der Waals surface area contributed by atoms with Gasteiger partial charge in [0.25, 0.3) is 0 Å². The molecule has 0 atom stereocenters. The number of nitrogens with zero attached hydrogens (tertiary/aromatic N) is 2. The van der Waals surface area contributed by atoms with E-state index in [2.05, 4.69) is 5.32 Å². The van der Waals surface area contributed by atoms with Crippen LogP contribution in [-0.2, 0) is 15.8 Å². The second-order valence-electron chi connectivity index (χ2n) is 7.60. The van der Waals surface area contributed by atoms with Gasteiger partial charge in [0, 0.05) is 32.6 Å². The lowest BCUT2D eigenvalue weighted by Gasteiger charge is -2.34. The van der Waals surface area contributed by atoms with E-state index in [9.17, 15) is 22.8 Å². The first kappa shape index (κ1) is 20.6. The number of nitrogens with one attached hydrogen (secondary N) is 1. The first-order valence-corrected chi connectivity index (χ1v) is 9.79. The number of anilines is 1. The fourth-order valence-electron chi connectivity index (χ4n) is 3.98. The Morgan fingerprint density at radius 2 is 1.68 bits per heavy atom. The van der Waals surface area contributed by atoms with Crippen LogP contribution in [0.5, 0.6) is 0 Å². The standard InChI is InChI=1S/C20H26F3N3O2/c21-20(22,23)16-7-3-4-8-17(16)24-18(27)14-25-9-11-26(12-10-25)19(28)13-15-5-1-2-6-15/h3-4,7-8,15H,1-2,5-6,9-14H2,(H,24,27). The van der Waals surface area contributed by atoms with Crippen molar-refractivity contribution in [3.63, 3.8) is 0 Å². The van der Waals surface area contributed by atoms with Gasteiger partial charge in [0.1, 0.15) is 0 Å². The average Bonchev–Trinajstić information content (AvgIpc) is 3.14. The molecule has 2 amide bonds. The van der Waals surface area contributed by atoms with Crippen LogP contribution in [0.1, 0.15) is 37.7 Å². The Balaban J connectivity index is 1.46. The molecule has 1 aliphatic carbocycles. The molecule has 1 heterocycles. The van der Waals surface area contributed by atoms with Gasteiger partial charge >= 0.3 is 6.18 Å². The van der Waals surface area contributed by atoms with Gasteiger partial charge < -0.3 is 10.2 Å². The molecular formula is C20H26F3N3O2. The normalized spacial score (nSPS) is 19.0. The second kappa shape index (κ2) is 8.94. The number of alkyl halides is 3. The summed E-state index contributed by atoms with van der Waals surface area (Å²) in [4.78, 5) is 28.3. The Bertz CT molecular complexity index is 694. The predicted molar refractivity (Wildman–Crippen MR) is 99.7 cm³/mol. The summed E-state index contributed by atoms with van der Waals surface area (Å²) in [6, 6.07) is 4.95. The molecule has 5 nitrogen and oxygen atoms in total. The molecule has 3 rings (SSSR count). The summed E-state index contributed by atoms with van der Waals surface area (Å²) in [7, 11) is 0. The van der Waals surface area contributed by atoms with Gasteiger partial charge in [-0.3, -0.25) is 14.5 Å². The highest BCUT2D eigenvalue weighted by Gasteiger charge is 2.33. The Kier molecular flexibility index (Phi) is 6.59. The summed E-state index contributed by atoms with van der Waals surface area (Å²) in [6.07, 6.45) is 0.761. The molecule has 1 saturated carbocycles. The Morgan fingerprint density at radius 3 is 2.32 bits per heavy atom. The summed E-state index contributed by atoms with van der Waals surface area (Å²) >= 11 is 0. The molecule has 8 heteroatoms. The molecule has 1 aliphatic heterocycles. The molecule has 28 heavy (non-hydrogen) atoms. The largest absolute Gasteiger partial charge is 0.418 e. The predicted octanol–water partition coefficient (Wildman–Crippen LogP) is 3.37. The quantitative estimate of drug-likeness (QED) is 0.829. The van der Waals surface area contributed by atoms with Crippen LogP contribution in [0.4, 0.5) is 18.9 Å². The topological polar surface area (TPSA) is 52.7 Å². The molecule has 0 spiro atoms. The zero-order valence-electron chi connectivity index (χ0n) is 15.8. The van der Waals surface area contributed by atoms with E-state index in [4.69, 9.17) is 0 Å². The van der Waals surface area contributed by atoms with Gasteiger partial charge in [-0.05, 0) is 30.9 Å². The number of hydrogen-bond acceptors (Lipinski definition) is 3. The summed E-state index contributed by atoms with van der Waals surface area (Å²) < 4.78 is 39.1. The third-order valence-corrected chi connectivity index (χ3v) is 5.54. The molecule has 1 aromatic carbocycles. The minimum absolute atomic E-state index is 0.0108. The molecule has 0 unspecified atom stereocenters. The van der Waals surface area contributed by atoms with Crippen molar-refractivity contribution in [2.75, 3.05) is 38.0 Å². The lowest BCUT2D eigenvalue weighted by atomic mass is 10.0. The molecule has 0 radical (unpaired) electrons. The highest BCUT2D eigenvalue weighted by atomic mass is 19.4. The molecule has 1 N–H and O–H groups in total. The van der Waals surface area contributed by atoms with Crippen LogP contribution in [0.15, 0.2) is 24.3 Å². The van der Waals surface area contributed by atoms with E-state index in [1.165, 1.54) is 31.0 Å². The van der Waals surface area contributed by atoms with E-state index in [1.807, 2.05) is 9.80 Å². The number of rotatable bonds is 5.